The first kappa shape index (κ1) is 22.5. The van der Waals surface area contributed by atoms with E-state index in [4.69, 9.17) is 9.47 Å². The third-order valence-electron chi connectivity index (χ3n) is 5.16. The third-order valence-corrected chi connectivity index (χ3v) is 9.47. The molecule has 30 heavy (non-hydrogen) atoms. The molecule has 164 valence electrons. The Morgan fingerprint density at radius 2 is 1.77 bits per heavy atom. The lowest BCUT2D eigenvalue weighted by atomic mass is 10.1. The van der Waals surface area contributed by atoms with E-state index < -0.39 is 42.5 Å². The maximum absolute atomic E-state index is 13.4. The van der Waals surface area contributed by atoms with E-state index in [0.717, 1.165) is 17.7 Å². The Balaban J connectivity index is 1.86. The van der Waals surface area contributed by atoms with Crippen molar-refractivity contribution >= 4 is 19.7 Å². The highest BCUT2D eigenvalue weighted by Gasteiger charge is 2.46. The van der Waals surface area contributed by atoms with Crippen LogP contribution in [-0.2, 0) is 26.2 Å². The standard InChI is InChI=1S/C20H24FNO6S2/c1-13-8-15(21)5-7-19(13)30(25,26)20-12-29(23,24)11-16(20)22-10-14-4-6-17(27-2)18(9-14)28-3/h4-9,16,20,22H,10-12H2,1-3H3/t16-,20-/m0/s1. The van der Waals surface area contributed by atoms with E-state index >= 15 is 0 Å². The number of nitrogens with one attached hydrogen (secondary N) is 1. The molecule has 1 heterocycles. The molecule has 0 aromatic heterocycles. The van der Waals surface area contributed by atoms with Crippen molar-refractivity contribution < 1.29 is 30.7 Å². The average molecular weight is 458 g/mol. The van der Waals surface area contributed by atoms with Gasteiger partial charge in [0.15, 0.2) is 31.2 Å². The summed E-state index contributed by atoms with van der Waals surface area (Å²) in [6.07, 6.45) is 0. The van der Waals surface area contributed by atoms with E-state index in [1.807, 2.05) is 0 Å². The molecule has 1 N–H and O–H groups in total. The summed E-state index contributed by atoms with van der Waals surface area (Å²) < 4.78 is 74.8. The number of aryl methyl sites for hydroxylation is 1. The molecule has 7 nitrogen and oxygen atoms in total. The molecule has 3 rings (SSSR count). The predicted molar refractivity (Wildman–Crippen MR) is 111 cm³/mol. The molecule has 0 radical (unpaired) electrons. The molecule has 2 atom stereocenters. The zero-order chi connectivity index (χ0) is 22.1. The van der Waals surface area contributed by atoms with Gasteiger partial charge in [0.05, 0.1) is 35.9 Å². The SMILES string of the molecule is COc1ccc(CN[C@H]2CS(=O)(=O)C[C@@H]2S(=O)(=O)c2ccc(F)cc2C)cc1OC. The van der Waals surface area contributed by atoms with Gasteiger partial charge in [0.25, 0.3) is 0 Å². The van der Waals surface area contributed by atoms with E-state index in [0.29, 0.717) is 11.5 Å². The van der Waals surface area contributed by atoms with E-state index in [1.165, 1.54) is 27.2 Å². The molecule has 2 aromatic rings. The van der Waals surface area contributed by atoms with Crippen molar-refractivity contribution in [2.24, 2.45) is 0 Å². The molecule has 0 spiro atoms. The molecular weight excluding hydrogens is 433 g/mol. The third kappa shape index (κ3) is 4.60. The molecule has 1 aliphatic rings. The lowest BCUT2D eigenvalue weighted by Crippen LogP contribution is -2.43. The first-order chi connectivity index (χ1) is 14.1. The minimum Gasteiger partial charge on any atom is -0.493 e. The van der Waals surface area contributed by atoms with E-state index in [9.17, 15) is 21.2 Å². The van der Waals surface area contributed by atoms with Crippen molar-refractivity contribution in [2.45, 2.75) is 29.7 Å². The normalized spacial score (nSPS) is 20.8. The van der Waals surface area contributed by atoms with Gasteiger partial charge >= 0.3 is 0 Å². The Hall–Kier alpha value is -2.17. The van der Waals surface area contributed by atoms with Gasteiger partial charge in [-0.25, -0.2) is 21.2 Å². The molecule has 2 aromatic carbocycles. The quantitative estimate of drug-likeness (QED) is 0.634. The van der Waals surface area contributed by atoms with Crippen LogP contribution in [0, 0.1) is 12.7 Å². The summed E-state index contributed by atoms with van der Waals surface area (Å²) >= 11 is 0. The summed E-state index contributed by atoms with van der Waals surface area (Å²) in [5.74, 6) is -0.243. The molecule has 0 bridgehead atoms. The number of halogens is 1. The van der Waals surface area contributed by atoms with Crippen LogP contribution in [0.25, 0.3) is 0 Å². The number of hydrogen-bond donors (Lipinski definition) is 1. The molecular formula is C20H24FNO6S2. The fourth-order valence-electron chi connectivity index (χ4n) is 3.65. The van der Waals surface area contributed by atoms with Crippen LogP contribution in [0.1, 0.15) is 11.1 Å². The number of sulfone groups is 2. The molecule has 0 aliphatic carbocycles. The number of ether oxygens (including phenoxy) is 2. The molecule has 0 unspecified atom stereocenters. The van der Waals surface area contributed by atoms with Crippen LogP contribution < -0.4 is 14.8 Å². The Kier molecular flexibility index (Phi) is 6.40. The van der Waals surface area contributed by atoms with Gasteiger partial charge < -0.3 is 14.8 Å². The Labute approximate surface area is 176 Å². The van der Waals surface area contributed by atoms with Crippen molar-refractivity contribution in [1.82, 2.24) is 5.32 Å². The van der Waals surface area contributed by atoms with Gasteiger partial charge in [-0.2, -0.15) is 0 Å². The van der Waals surface area contributed by atoms with Crippen LogP contribution >= 0.6 is 0 Å². The number of methoxy groups -OCH3 is 2. The van der Waals surface area contributed by atoms with Crippen LogP contribution in [0.4, 0.5) is 4.39 Å². The Morgan fingerprint density at radius 1 is 1.07 bits per heavy atom. The highest BCUT2D eigenvalue weighted by atomic mass is 32.2. The summed E-state index contributed by atoms with van der Waals surface area (Å²) in [6.45, 7) is 1.74. The van der Waals surface area contributed by atoms with Crippen LogP contribution in [-0.4, -0.2) is 53.9 Å². The van der Waals surface area contributed by atoms with Crippen molar-refractivity contribution in [3.05, 3.63) is 53.3 Å². The van der Waals surface area contributed by atoms with E-state index in [1.54, 1.807) is 18.2 Å². The maximum atomic E-state index is 13.4. The van der Waals surface area contributed by atoms with Crippen molar-refractivity contribution in [3.63, 3.8) is 0 Å². The second kappa shape index (κ2) is 8.52. The topological polar surface area (TPSA) is 98.8 Å². The number of benzene rings is 2. The molecule has 1 fully saturated rings. The van der Waals surface area contributed by atoms with Gasteiger partial charge in [0.2, 0.25) is 0 Å². The molecule has 0 amide bonds. The minimum atomic E-state index is -3.99. The van der Waals surface area contributed by atoms with Gasteiger partial charge in [-0.05, 0) is 48.4 Å². The zero-order valence-corrected chi connectivity index (χ0v) is 18.5. The van der Waals surface area contributed by atoms with Crippen LogP contribution in [0.5, 0.6) is 11.5 Å². The van der Waals surface area contributed by atoms with Crippen molar-refractivity contribution in [3.8, 4) is 11.5 Å². The van der Waals surface area contributed by atoms with Gasteiger partial charge in [0, 0.05) is 12.6 Å². The van der Waals surface area contributed by atoms with Gasteiger partial charge in [0.1, 0.15) is 5.82 Å². The first-order valence-electron chi connectivity index (χ1n) is 9.22. The summed E-state index contributed by atoms with van der Waals surface area (Å²) in [7, 11) is -4.51. The van der Waals surface area contributed by atoms with E-state index in [2.05, 4.69) is 5.32 Å². The highest BCUT2D eigenvalue weighted by Crippen LogP contribution is 2.30. The summed E-state index contributed by atoms with van der Waals surface area (Å²) in [5.41, 5.74) is 1.03. The molecule has 0 saturated carbocycles. The van der Waals surface area contributed by atoms with Crippen LogP contribution in [0.2, 0.25) is 0 Å². The smallest absolute Gasteiger partial charge is 0.184 e. The predicted octanol–water partition coefficient (Wildman–Crippen LogP) is 1.88. The lowest BCUT2D eigenvalue weighted by molar-refractivity contribution is 0.354. The number of rotatable bonds is 7. The Bertz CT molecular complexity index is 1150. The zero-order valence-electron chi connectivity index (χ0n) is 16.9. The summed E-state index contributed by atoms with van der Waals surface area (Å²) in [6, 6.07) is 7.83. The molecule has 10 heteroatoms. The average Bonchev–Trinajstić information content (AvgIpc) is 3.01. The highest BCUT2D eigenvalue weighted by molar-refractivity contribution is 7.96. The van der Waals surface area contributed by atoms with E-state index in [-0.39, 0.29) is 22.8 Å². The van der Waals surface area contributed by atoms with Crippen molar-refractivity contribution in [2.75, 3.05) is 25.7 Å². The van der Waals surface area contributed by atoms with Crippen LogP contribution in [0.3, 0.4) is 0 Å². The monoisotopic (exact) mass is 457 g/mol. The summed E-state index contributed by atoms with van der Waals surface area (Å²) in [4.78, 5) is -0.0519. The molecule has 1 aliphatic heterocycles. The van der Waals surface area contributed by atoms with Gasteiger partial charge in [-0.3, -0.25) is 0 Å². The summed E-state index contributed by atoms with van der Waals surface area (Å²) in [5, 5.41) is 1.91. The lowest BCUT2D eigenvalue weighted by Gasteiger charge is -2.21. The maximum Gasteiger partial charge on any atom is 0.184 e. The second-order valence-corrected chi connectivity index (χ2v) is 11.5. The van der Waals surface area contributed by atoms with Crippen molar-refractivity contribution in [1.29, 1.82) is 0 Å². The minimum absolute atomic E-state index is 0.0519. The van der Waals surface area contributed by atoms with Crippen LogP contribution in [0.15, 0.2) is 41.3 Å². The molecule has 1 saturated heterocycles. The second-order valence-electron chi connectivity index (χ2n) is 7.25. The Morgan fingerprint density at radius 3 is 2.40 bits per heavy atom. The largest absolute Gasteiger partial charge is 0.493 e. The van der Waals surface area contributed by atoms with Gasteiger partial charge in [-0.15, -0.1) is 0 Å². The fraction of sp³-hybridized carbons (Fsp3) is 0.400. The van der Waals surface area contributed by atoms with Gasteiger partial charge in [-0.1, -0.05) is 6.07 Å². The first-order valence-corrected chi connectivity index (χ1v) is 12.6. The fourth-order valence-corrected chi connectivity index (χ4v) is 8.59. The number of hydrogen-bond acceptors (Lipinski definition) is 7.